The molecule has 0 spiro atoms. The van der Waals surface area contributed by atoms with Crippen molar-refractivity contribution in [2.24, 2.45) is 5.92 Å². The van der Waals surface area contributed by atoms with Crippen molar-refractivity contribution in [3.8, 4) is 5.75 Å². The van der Waals surface area contributed by atoms with E-state index in [0.29, 0.717) is 52.7 Å². The number of hydrogen-bond acceptors (Lipinski definition) is 7. The molecule has 1 amide bonds. The highest BCUT2D eigenvalue weighted by molar-refractivity contribution is 7.20. The van der Waals surface area contributed by atoms with Gasteiger partial charge in [-0.1, -0.05) is 18.2 Å². The molecule has 1 aromatic carbocycles. The summed E-state index contributed by atoms with van der Waals surface area (Å²) in [5, 5.41) is 23.1. The first-order valence-electron chi connectivity index (χ1n) is 15.0. The molecular formula is C32H43N3O7S. The maximum atomic E-state index is 14.2. The molecule has 3 aromatic rings. The summed E-state index contributed by atoms with van der Waals surface area (Å²) in [5.74, 6) is -0.902. The number of aliphatic hydroxyl groups excluding tert-OH is 1. The molecule has 1 atom stereocenters. The number of carboxylic acids is 1. The molecule has 10 nitrogen and oxygen atoms in total. The molecule has 1 aliphatic rings. The minimum atomic E-state index is -1.84. The van der Waals surface area contributed by atoms with Crippen molar-refractivity contribution in [2.45, 2.75) is 104 Å². The molecule has 1 aliphatic carbocycles. The highest BCUT2D eigenvalue weighted by Crippen LogP contribution is 2.39. The smallest absolute Gasteiger partial charge is 0.333 e. The van der Waals surface area contributed by atoms with Gasteiger partial charge < -0.3 is 20.3 Å². The summed E-state index contributed by atoms with van der Waals surface area (Å²) in [6.45, 7) is 10.6. The Morgan fingerprint density at radius 1 is 1.14 bits per heavy atom. The number of aliphatic carboxylic acids is 1. The SMILES string of the molecule is CCNC(=O)c1sc2c(c1C)c(=O)n(C(C)(C)C(=O)O)c(=O)n2C[C@H](CC1CCC(O)CC1)c1ccccc1OC(C)C. The molecule has 1 fully saturated rings. The molecule has 0 radical (unpaired) electrons. The average molecular weight is 614 g/mol. The van der Waals surface area contributed by atoms with Gasteiger partial charge in [-0.3, -0.25) is 14.2 Å². The zero-order chi connectivity index (χ0) is 31.6. The number of thiophene rings is 1. The van der Waals surface area contributed by atoms with Gasteiger partial charge in [0.2, 0.25) is 0 Å². The first-order valence-corrected chi connectivity index (χ1v) is 15.8. The molecule has 43 heavy (non-hydrogen) atoms. The first-order chi connectivity index (χ1) is 20.3. The van der Waals surface area contributed by atoms with Crippen molar-refractivity contribution in [3.63, 3.8) is 0 Å². The Morgan fingerprint density at radius 2 is 1.79 bits per heavy atom. The summed E-state index contributed by atoms with van der Waals surface area (Å²) in [7, 11) is 0. The number of aryl methyl sites for hydroxylation is 1. The number of carbonyl (C=O) groups excluding carboxylic acids is 1. The van der Waals surface area contributed by atoms with Crippen molar-refractivity contribution >= 4 is 33.4 Å². The van der Waals surface area contributed by atoms with Gasteiger partial charge in [-0.25, -0.2) is 14.2 Å². The van der Waals surface area contributed by atoms with Crippen LogP contribution in [0.4, 0.5) is 0 Å². The minimum Gasteiger partial charge on any atom is -0.491 e. The lowest BCUT2D eigenvalue weighted by molar-refractivity contribution is -0.146. The van der Waals surface area contributed by atoms with Crippen molar-refractivity contribution in [3.05, 3.63) is 61.1 Å². The fraction of sp³-hybridized carbons (Fsp3) is 0.562. The van der Waals surface area contributed by atoms with Crippen molar-refractivity contribution < 1.29 is 24.5 Å². The topological polar surface area (TPSA) is 140 Å². The van der Waals surface area contributed by atoms with Crippen LogP contribution < -0.4 is 21.3 Å². The summed E-state index contributed by atoms with van der Waals surface area (Å²) < 4.78 is 8.48. The van der Waals surface area contributed by atoms with Gasteiger partial charge in [0.05, 0.1) is 22.5 Å². The van der Waals surface area contributed by atoms with E-state index in [1.165, 1.54) is 18.4 Å². The fourth-order valence-corrected chi connectivity index (χ4v) is 7.25. The van der Waals surface area contributed by atoms with Gasteiger partial charge in [-0.05, 0) is 96.8 Å². The summed E-state index contributed by atoms with van der Waals surface area (Å²) in [6.07, 6.45) is 3.43. The third-order valence-corrected chi connectivity index (χ3v) is 9.71. The molecule has 2 aromatic heterocycles. The van der Waals surface area contributed by atoms with E-state index >= 15 is 0 Å². The maximum absolute atomic E-state index is 14.2. The largest absolute Gasteiger partial charge is 0.491 e. The van der Waals surface area contributed by atoms with Gasteiger partial charge >= 0.3 is 11.7 Å². The van der Waals surface area contributed by atoms with Crippen molar-refractivity contribution in [2.75, 3.05) is 6.54 Å². The Labute approximate surface area is 255 Å². The van der Waals surface area contributed by atoms with Crippen LogP contribution in [0.3, 0.4) is 0 Å². The van der Waals surface area contributed by atoms with Gasteiger partial charge in [-0.2, -0.15) is 0 Å². The number of amides is 1. The predicted octanol–water partition coefficient (Wildman–Crippen LogP) is 4.61. The summed E-state index contributed by atoms with van der Waals surface area (Å²) >= 11 is 1.08. The number of carbonyl (C=O) groups is 2. The van der Waals surface area contributed by atoms with E-state index in [1.807, 2.05) is 38.1 Å². The number of para-hydroxylation sites is 1. The van der Waals surface area contributed by atoms with E-state index in [1.54, 1.807) is 13.8 Å². The lowest BCUT2D eigenvalue weighted by Crippen LogP contribution is -2.52. The maximum Gasteiger partial charge on any atom is 0.333 e. The molecule has 1 saturated carbocycles. The molecule has 234 valence electrons. The molecule has 2 heterocycles. The third-order valence-electron chi connectivity index (χ3n) is 8.40. The number of nitrogens with one attached hydrogen (secondary N) is 1. The van der Waals surface area contributed by atoms with E-state index in [0.717, 1.165) is 34.3 Å². The fourth-order valence-electron chi connectivity index (χ4n) is 6.04. The molecule has 4 rings (SSSR count). The molecule has 0 unspecified atom stereocenters. The zero-order valence-electron chi connectivity index (χ0n) is 25.8. The lowest BCUT2D eigenvalue weighted by atomic mass is 9.79. The lowest BCUT2D eigenvalue weighted by Gasteiger charge is -2.31. The number of aromatic nitrogens is 2. The second-order valence-electron chi connectivity index (χ2n) is 12.3. The van der Waals surface area contributed by atoms with Crippen molar-refractivity contribution in [1.29, 1.82) is 0 Å². The number of benzene rings is 1. The molecule has 3 N–H and O–H groups in total. The number of fused-ring (bicyclic) bond motifs is 1. The minimum absolute atomic E-state index is 0.0843. The number of carboxylic acid groups (broad SMARTS) is 1. The Kier molecular flexibility index (Phi) is 9.86. The Hall–Kier alpha value is -3.44. The Bertz CT molecular complexity index is 1610. The number of ether oxygens (including phenoxy) is 1. The molecule has 0 saturated heterocycles. The average Bonchev–Trinajstić information content (AvgIpc) is 3.29. The van der Waals surface area contributed by atoms with Crippen LogP contribution in [-0.4, -0.2) is 50.0 Å². The molecule has 0 bridgehead atoms. The number of hydrogen-bond donors (Lipinski definition) is 3. The zero-order valence-corrected chi connectivity index (χ0v) is 26.6. The Balaban J connectivity index is 1.98. The molecule has 0 aliphatic heterocycles. The van der Waals surface area contributed by atoms with Crippen LogP contribution in [0.25, 0.3) is 10.2 Å². The van der Waals surface area contributed by atoms with Gasteiger partial charge in [0.15, 0.2) is 0 Å². The van der Waals surface area contributed by atoms with E-state index in [-0.39, 0.29) is 36.0 Å². The summed E-state index contributed by atoms with van der Waals surface area (Å²) in [5.41, 5.74) is -1.97. The number of rotatable bonds is 11. The van der Waals surface area contributed by atoms with E-state index in [2.05, 4.69) is 5.32 Å². The summed E-state index contributed by atoms with van der Waals surface area (Å²) in [6, 6.07) is 7.72. The normalized spacial score (nSPS) is 18.1. The van der Waals surface area contributed by atoms with Gasteiger partial charge in [0.25, 0.3) is 11.5 Å². The Morgan fingerprint density at radius 3 is 2.40 bits per heavy atom. The van der Waals surface area contributed by atoms with Crippen LogP contribution in [0.2, 0.25) is 0 Å². The van der Waals surface area contributed by atoms with E-state index < -0.39 is 22.8 Å². The number of nitrogens with zero attached hydrogens (tertiary/aromatic N) is 2. The second kappa shape index (κ2) is 13.1. The molecular weight excluding hydrogens is 570 g/mol. The van der Waals surface area contributed by atoms with Crippen LogP contribution in [0, 0.1) is 12.8 Å². The third kappa shape index (κ3) is 6.57. The van der Waals surface area contributed by atoms with Gasteiger partial charge in [-0.15, -0.1) is 11.3 Å². The van der Waals surface area contributed by atoms with E-state index in [9.17, 15) is 29.4 Å². The van der Waals surface area contributed by atoms with Gasteiger partial charge in [0, 0.05) is 19.0 Å². The predicted molar refractivity (Wildman–Crippen MR) is 168 cm³/mol. The van der Waals surface area contributed by atoms with Crippen LogP contribution >= 0.6 is 11.3 Å². The first kappa shape index (κ1) is 32.5. The highest BCUT2D eigenvalue weighted by Gasteiger charge is 2.36. The second-order valence-corrected chi connectivity index (χ2v) is 13.3. The van der Waals surface area contributed by atoms with Crippen LogP contribution in [0.5, 0.6) is 5.75 Å². The van der Waals surface area contributed by atoms with E-state index in [4.69, 9.17) is 4.74 Å². The quantitative estimate of drug-likeness (QED) is 0.287. The monoisotopic (exact) mass is 613 g/mol. The van der Waals surface area contributed by atoms with Crippen molar-refractivity contribution in [1.82, 2.24) is 14.5 Å². The van der Waals surface area contributed by atoms with Crippen LogP contribution in [0.1, 0.15) is 93.4 Å². The van der Waals surface area contributed by atoms with Crippen LogP contribution in [0.15, 0.2) is 33.9 Å². The summed E-state index contributed by atoms with van der Waals surface area (Å²) in [4.78, 5) is 54.1. The highest BCUT2D eigenvalue weighted by atomic mass is 32.1. The standard InChI is InChI=1S/C32H43N3O7S/c1-7-33-27(37)26-19(4)25-28(38)35(32(5,6)30(39)40)31(41)34(29(25)43-26)17-21(16-20-12-14-22(36)15-13-20)23-10-8-9-11-24(23)42-18(2)3/h8-11,18,20-22,36H,7,12-17H2,1-6H3,(H,33,37)(H,39,40)/t20?,21-,22?/m0/s1. The van der Waals surface area contributed by atoms with Gasteiger partial charge in [0.1, 0.15) is 16.1 Å². The van der Waals surface area contributed by atoms with Crippen LogP contribution in [-0.2, 0) is 16.9 Å². The number of aliphatic hydroxyl groups is 1. The molecule has 11 heteroatoms.